The van der Waals surface area contributed by atoms with Crippen LogP contribution in [0.5, 0.6) is 0 Å². The number of hydrogen-bond acceptors (Lipinski definition) is 6. The molecule has 0 atom stereocenters. The van der Waals surface area contributed by atoms with Crippen LogP contribution >= 0.6 is 24.0 Å². The number of rotatable bonds is 8. The summed E-state index contributed by atoms with van der Waals surface area (Å²) >= 11 is 6.04. The van der Waals surface area contributed by atoms with Gasteiger partial charge in [0.2, 0.25) is 0 Å². The zero-order chi connectivity index (χ0) is 23.3. The minimum Gasteiger partial charge on any atom is -0.394 e. The molecule has 0 spiro atoms. The van der Waals surface area contributed by atoms with E-state index in [0.29, 0.717) is 16.4 Å². The van der Waals surface area contributed by atoms with Gasteiger partial charge >= 0.3 is 0 Å². The second-order valence-corrected chi connectivity index (χ2v) is 7.92. The largest absolute Gasteiger partial charge is 0.394 e. The van der Waals surface area contributed by atoms with Crippen LogP contribution < -0.4 is 5.43 Å². The molecule has 7 nitrogen and oxygen atoms in total. The van der Waals surface area contributed by atoms with Crippen LogP contribution in [0.25, 0.3) is 11.3 Å². The fourth-order valence-electron chi connectivity index (χ4n) is 3.15. The van der Waals surface area contributed by atoms with E-state index in [4.69, 9.17) is 11.6 Å². The van der Waals surface area contributed by atoms with Crippen molar-refractivity contribution in [3.63, 3.8) is 0 Å². The van der Waals surface area contributed by atoms with Gasteiger partial charge in [0.1, 0.15) is 5.82 Å². The van der Waals surface area contributed by atoms with E-state index in [1.165, 1.54) is 30.6 Å². The Morgan fingerprint density at radius 2 is 1.91 bits per heavy atom. The zero-order valence-electron chi connectivity index (χ0n) is 18.1. The molecule has 0 unspecified atom stereocenters. The maximum atomic E-state index is 14.4. The van der Waals surface area contributed by atoms with E-state index in [9.17, 15) is 19.4 Å². The number of anilines is 1. The second kappa shape index (κ2) is 11.9. The Morgan fingerprint density at radius 1 is 1.18 bits per heavy atom. The molecule has 0 fully saturated rings. The Kier molecular flexibility index (Phi) is 9.55. The number of nitrogens with zero attached hydrogens (tertiary/aromatic N) is 3. The molecule has 3 rings (SSSR count). The van der Waals surface area contributed by atoms with Crippen molar-refractivity contribution in [3.05, 3.63) is 77.0 Å². The highest BCUT2D eigenvalue weighted by Crippen LogP contribution is 2.31. The van der Waals surface area contributed by atoms with E-state index >= 15 is 0 Å². The number of nitrogens with one attached hydrogen (secondary N) is 1. The molecular formula is C23H25Cl2FN4O3. The van der Waals surface area contributed by atoms with Crippen LogP contribution in [0.2, 0.25) is 5.02 Å². The molecule has 1 aromatic carbocycles. The Balaban J connectivity index is 0.00000385. The van der Waals surface area contributed by atoms with Crippen molar-refractivity contribution in [3.8, 4) is 11.3 Å². The number of benzene rings is 1. The molecule has 33 heavy (non-hydrogen) atoms. The number of carbonyl (C=O) groups is 1. The monoisotopic (exact) mass is 494 g/mol. The third-order valence-electron chi connectivity index (χ3n) is 4.92. The average Bonchev–Trinajstić information content (AvgIpc) is 2.80. The Bertz CT molecular complexity index is 1080. The molecule has 3 aromatic rings. The summed E-state index contributed by atoms with van der Waals surface area (Å²) in [6, 6.07) is 8.06. The first-order valence-corrected chi connectivity index (χ1v) is 10.4. The van der Waals surface area contributed by atoms with Crippen molar-refractivity contribution in [2.45, 2.75) is 25.8 Å². The van der Waals surface area contributed by atoms with Crippen LogP contribution in [0.1, 0.15) is 35.7 Å². The molecule has 176 valence electrons. The van der Waals surface area contributed by atoms with Crippen LogP contribution in [0.3, 0.4) is 0 Å². The molecule has 2 heterocycles. The molecule has 10 heteroatoms. The summed E-state index contributed by atoms with van der Waals surface area (Å²) in [5.41, 5.74) is 5.05. The lowest BCUT2D eigenvalue weighted by Gasteiger charge is -2.31. The van der Waals surface area contributed by atoms with Gasteiger partial charge in [-0.05, 0) is 47.9 Å². The lowest BCUT2D eigenvalue weighted by Crippen LogP contribution is -2.48. The number of aromatic nitrogens is 2. The topological polar surface area (TPSA) is 98.6 Å². The molecule has 0 radical (unpaired) electrons. The number of halogens is 3. The SMILES string of the molecule is CC(C)c1cnc(-c2cc(Cl)ccc2F)cc1NN(C(=O)c1cccnc1)C(CO)CO.Cl. The van der Waals surface area contributed by atoms with E-state index < -0.39 is 31.0 Å². The van der Waals surface area contributed by atoms with E-state index in [-0.39, 0.29) is 29.5 Å². The molecular weight excluding hydrogens is 470 g/mol. The molecule has 0 saturated carbocycles. The standard InChI is InChI=1S/C23H24ClFN4O3.ClH/c1-14(2)19-11-27-21(18-8-16(24)5-6-20(18)25)9-22(19)28-29(17(12-30)13-31)23(32)15-4-3-7-26-10-15;/h3-11,14,17,30-31H,12-13H2,1-2H3,(H,27,28);1H. The van der Waals surface area contributed by atoms with Crippen molar-refractivity contribution in [2.75, 3.05) is 18.6 Å². The smallest absolute Gasteiger partial charge is 0.274 e. The predicted octanol–water partition coefficient (Wildman–Crippen LogP) is 4.30. The fraction of sp³-hybridized carbons (Fsp3) is 0.261. The molecule has 0 aliphatic carbocycles. The minimum atomic E-state index is -0.928. The molecule has 0 aliphatic heterocycles. The van der Waals surface area contributed by atoms with E-state index in [1.807, 2.05) is 13.8 Å². The van der Waals surface area contributed by atoms with Gasteiger partial charge in [-0.2, -0.15) is 0 Å². The van der Waals surface area contributed by atoms with Crippen LogP contribution in [0.15, 0.2) is 55.0 Å². The average molecular weight is 495 g/mol. The van der Waals surface area contributed by atoms with Gasteiger partial charge in [0, 0.05) is 29.2 Å². The molecule has 0 aliphatic rings. The Morgan fingerprint density at radius 3 is 2.52 bits per heavy atom. The molecule has 0 saturated heterocycles. The van der Waals surface area contributed by atoms with Gasteiger partial charge in [0.15, 0.2) is 0 Å². The first-order valence-electron chi connectivity index (χ1n) is 10.0. The van der Waals surface area contributed by atoms with Crippen LogP contribution in [-0.4, -0.2) is 50.4 Å². The van der Waals surface area contributed by atoms with Crippen molar-refractivity contribution in [2.24, 2.45) is 0 Å². The van der Waals surface area contributed by atoms with Gasteiger partial charge in [-0.25, -0.2) is 9.40 Å². The van der Waals surface area contributed by atoms with E-state index in [1.54, 1.807) is 24.4 Å². The second-order valence-electron chi connectivity index (χ2n) is 7.48. The van der Waals surface area contributed by atoms with Gasteiger partial charge < -0.3 is 10.2 Å². The summed E-state index contributed by atoms with van der Waals surface area (Å²) in [6.45, 7) is 2.94. The summed E-state index contributed by atoms with van der Waals surface area (Å²) in [4.78, 5) is 21.5. The lowest BCUT2D eigenvalue weighted by molar-refractivity contribution is 0.0540. The number of hydrogen-bond donors (Lipinski definition) is 3. The number of hydrazine groups is 1. The number of aliphatic hydroxyl groups excluding tert-OH is 2. The van der Waals surface area contributed by atoms with Crippen molar-refractivity contribution < 1.29 is 19.4 Å². The maximum absolute atomic E-state index is 14.4. The maximum Gasteiger partial charge on any atom is 0.274 e. The number of carbonyl (C=O) groups excluding carboxylic acids is 1. The summed E-state index contributed by atoms with van der Waals surface area (Å²) in [7, 11) is 0. The summed E-state index contributed by atoms with van der Waals surface area (Å²) in [5, 5.41) is 21.0. The van der Waals surface area contributed by atoms with Crippen molar-refractivity contribution in [1.82, 2.24) is 15.0 Å². The van der Waals surface area contributed by atoms with E-state index in [2.05, 4.69) is 15.4 Å². The normalized spacial score (nSPS) is 10.8. The highest BCUT2D eigenvalue weighted by Gasteiger charge is 2.26. The summed E-state index contributed by atoms with van der Waals surface area (Å²) in [6.07, 6.45) is 4.53. The number of aliphatic hydroxyl groups is 2. The Labute approximate surface area is 202 Å². The van der Waals surface area contributed by atoms with Gasteiger partial charge in [-0.3, -0.25) is 20.2 Å². The highest BCUT2D eigenvalue weighted by molar-refractivity contribution is 6.30. The van der Waals surface area contributed by atoms with Gasteiger partial charge in [-0.1, -0.05) is 25.4 Å². The van der Waals surface area contributed by atoms with Crippen molar-refractivity contribution >= 4 is 35.6 Å². The van der Waals surface area contributed by atoms with Crippen LogP contribution in [0.4, 0.5) is 10.1 Å². The number of amides is 1. The van der Waals surface area contributed by atoms with Gasteiger partial charge in [0.25, 0.3) is 5.91 Å². The molecule has 0 bridgehead atoms. The lowest BCUT2D eigenvalue weighted by atomic mass is 10.0. The fourth-order valence-corrected chi connectivity index (χ4v) is 3.32. The predicted molar refractivity (Wildman–Crippen MR) is 128 cm³/mol. The first-order chi connectivity index (χ1) is 15.3. The quantitative estimate of drug-likeness (QED) is 0.403. The van der Waals surface area contributed by atoms with Gasteiger partial charge in [-0.15, -0.1) is 12.4 Å². The van der Waals surface area contributed by atoms with Crippen molar-refractivity contribution in [1.29, 1.82) is 0 Å². The third-order valence-corrected chi connectivity index (χ3v) is 5.15. The third kappa shape index (κ3) is 6.17. The zero-order valence-corrected chi connectivity index (χ0v) is 19.6. The molecule has 2 aromatic heterocycles. The minimum absolute atomic E-state index is 0. The number of pyridine rings is 2. The first kappa shape index (κ1) is 26.5. The molecule has 1 amide bonds. The Hall–Kier alpha value is -2.78. The summed E-state index contributed by atoms with van der Waals surface area (Å²) < 4.78 is 14.4. The van der Waals surface area contributed by atoms with E-state index in [0.717, 1.165) is 10.6 Å². The van der Waals surface area contributed by atoms with Gasteiger partial charge in [0.05, 0.1) is 36.2 Å². The molecule has 3 N–H and O–H groups in total. The van der Waals surface area contributed by atoms with Crippen LogP contribution in [0, 0.1) is 5.82 Å². The van der Waals surface area contributed by atoms with Crippen LogP contribution in [-0.2, 0) is 0 Å². The highest BCUT2D eigenvalue weighted by atomic mass is 35.5. The summed E-state index contributed by atoms with van der Waals surface area (Å²) in [5.74, 6) is -0.967.